The van der Waals surface area contributed by atoms with Crippen molar-refractivity contribution in [1.82, 2.24) is 4.90 Å². The molecule has 0 unspecified atom stereocenters. The Kier molecular flexibility index (Phi) is 6.73. The number of fused-ring (bicyclic) bond motifs is 1. The van der Waals surface area contributed by atoms with Gasteiger partial charge in [-0.1, -0.05) is 12.1 Å². The Morgan fingerprint density at radius 1 is 1.06 bits per heavy atom. The highest BCUT2D eigenvalue weighted by Crippen LogP contribution is 2.34. The molecule has 5 nitrogen and oxygen atoms in total. The molecular weight excluding hydrogens is 402 g/mol. The zero-order valence-electron chi connectivity index (χ0n) is 17.9. The third-order valence-electron chi connectivity index (χ3n) is 5.92. The van der Waals surface area contributed by atoms with Crippen LogP contribution >= 0.6 is 0 Å². The molecule has 1 fully saturated rings. The zero-order chi connectivity index (χ0) is 21.8. The van der Waals surface area contributed by atoms with Gasteiger partial charge in [0.05, 0.1) is 20.9 Å². The number of benzene rings is 2. The quantitative estimate of drug-likeness (QED) is 0.651. The fourth-order valence-electron chi connectivity index (χ4n) is 4.46. The van der Waals surface area contributed by atoms with Crippen LogP contribution in [-0.4, -0.2) is 45.0 Å². The lowest BCUT2D eigenvalue weighted by atomic mass is 10.00. The second-order valence-corrected chi connectivity index (χ2v) is 7.95. The Morgan fingerprint density at radius 2 is 1.84 bits per heavy atom. The van der Waals surface area contributed by atoms with Crippen molar-refractivity contribution in [3.8, 4) is 11.5 Å². The molecule has 2 heterocycles. The van der Waals surface area contributed by atoms with Gasteiger partial charge in [0.25, 0.3) is 6.08 Å². The highest BCUT2D eigenvalue weighted by molar-refractivity contribution is 5.62. The van der Waals surface area contributed by atoms with Crippen LogP contribution in [0.1, 0.15) is 29.5 Å². The van der Waals surface area contributed by atoms with Gasteiger partial charge in [-0.15, -0.1) is 0 Å². The van der Waals surface area contributed by atoms with Crippen LogP contribution < -0.4 is 14.4 Å². The summed E-state index contributed by atoms with van der Waals surface area (Å²) in [5.41, 5.74) is 3.83. The lowest BCUT2D eigenvalue weighted by Crippen LogP contribution is -2.49. The van der Waals surface area contributed by atoms with Crippen LogP contribution in [0.25, 0.3) is 6.08 Å². The van der Waals surface area contributed by atoms with Gasteiger partial charge in [0, 0.05) is 44.1 Å². The SMILES string of the molecule is COc1ccc(CN2Cc3cc(C=C(F)F)ccc3N(C3CCOCC3)C2)cc1OC. The number of hydrogen-bond donors (Lipinski definition) is 0. The number of anilines is 1. The number of hydrogen-bond acceptors (Lipinski definition) is 5. The summed E-state index contributed by atoms with van der Waals surface area (Å²) >= 11 is 0. The summed E-state index contributed by atoms with van der Waals surface area (Å²) in [6, 6.07) is 11.9. The molecule has 0 atom stereocenters. The highest BCUT2D eigenvalue weighted by Gasteiger charge is 2.29. The minimum absolute atomic E-state index is 0.375. The van der Waals surface area contributed by atoms with E-state index in [-0.39, 0.29) is 0 Å². The number of methoxy groups -OCH3 is 2. The molecule has 0 aliphatic carbocycles. The standard InChI is InChI=1S/C24H28F2N2O3/c1-29-22-6-4-18(12-23(22)30-2)14-27-15-19-11-17(13-24(25)26)3-5-21(19)28(16-27)20-7-9-31-10-8-20/h3-6,11-13,20H,7-10,14-16H2,1-2H3. The third-order valence-corrected chi connectivity index (χ3v) is 5.92. The number of nitrogens with zero attached hydrogens (tertiary/aromatic N) is 2. The predicted octanol–water partition coefficient (Wildman–Crippen LogP) is 4.90. The Bertz CT molecular complexity index is 940. The number of rotatable bonds is 6. The molecule has 2 aromatic carbocycles. The normalized spacial score (nSPS) is 17.2. The lowest BCUT2D eigenvalue weighted by molar-refractivity contribution is 0.0793. The first-order valence-electron chi connectivity index (χ1n) is 10.5. The van der Waals surface area contributed by atoms with E-state index in [4.69, 9.17) is 14.2 Å². The van der Waals surface area contributed by atoms with E-state index in [1.165, 1.54) is 0 Å². The maximum atomic E-state index is 12.8. The molecule has 0 amide bonds. The minimum atomic E-state index is -1.68. The molecule has 0 spiro atoms. The molecule has 0 radical (unpaired) electrons. The maximum Gasteiger partial charge on any atom is 0.270 e. The van der Waals surface area contributed by atoms with E-state index in [1.54, 1.807) is 20.3 Å². The summed E-state index contributed by atoms with van der Waals surface area (Å²) in [5, 5.41) is 0. The molecule has 2 aromatic rings. The van der Waals surface area contributed by atoms with Crippen LogP contribution in [0, 0.1) is 0 Å². The van der Waals surface area contributed by atoms with E-state index in [9.17, 15) is 8.78 Å². The van der Waals surface area contributed by atoms with Crippen LogP contribution in [0.2, 0.25) is 0 Å². The van der Waals surface area contributed by atoms with E-state index in [0.29, 0.717) is 29.6 Å². The Balaban J connectivity index is 1.62. The van der Waals surface area contributed by atoms with E-state index in [2.05, 4.69) is 9.80 Å². The number of ether oxygens (including phenoxy) is 3. The van der Waals surface area contributed by atoms with Gasteiger partial charge in [-0.25, -0.2) is 0 Å². The first-order chi connectivity index (χ1) is 15.1. The maximum absolute atomic E-state index is 12.8. The fourth-order valence-corrected chi connectivity index (χ4v) is 4.46. The highest BCUT2D eigenvalue weighted by atomic mass is 19.3. The number of halogens is 2. The molecule has 0 bridgehead atoms. The third kappa shape index (κ3) is 4.99. The lowest BCUT2D eigenvalue weighted by Gasteiger charge is -2.44. The molecule has 0 saturated carbocycles. The van der Waals surface area contributed by atoms with Gasteiger partial charge in [0.1, 0.15) is 0 Å². The fraction of sp³-hybridized carbons (Fsp3) is 0.417. The Labute approximate surface area is 181 Å². The van der Waals surface area contributed by atoms with Gasteiger partial charge < -0.3 is 19.1 Å². The van der Waals surface area contributed by atoms with Gasteiger partial charge in [-0.3, -0.25) is 4.90 Å². The van der Waals surface area contributed by atoms with Crippen molar-refractivity contribution < 1.29 is 23.0 Å². The van der Waals surface area contributed by atoms with Crippen molar-refractivity contribution in [3.05, 3.63) is 59.2 Å². The molecule has 0 N–H and O–H groups in total. The van der Waals surface area contributed by atoms with Crippen molar-refractivity contribution in [3.63, 3.8) is 0 Å². The largest absolute Gasteiger partial charge is 0.493 e. The summed E-state index contributed by atoms with van der Waals surface area (Å²) in [6.45, 7) is 3.69. The molecule has 31 heavy (non-hydrogen) atoms. The predicted molar refractivity (Wildman–Crippen MR) is 117 cm³/mol. The average molecular weight is 430 g/mol. The first kappa shape index (κ1) is 21.6. The van der Waals surface area contributed by atoms with Crippen molar-refractivity contribution >= 4 is 11.8 Å². The Hall–Kier alpha value is -2.64. The summed E-state index contributed by atoms with van der Waals surface area (Å²) < 4.78 is 42.0. The van der Waals surface area contributed by atoms with E-state index < -0.39 is 6.08 Å². The van der Waals surface area contributed by atoms with Crippen molar-refractivity contribution in [2.45, 2.75) is 32.0 Å². The average Bonchev–Trinajstić information content (AvgIpc) is 2.78. The summed E-state index contributed by atoms with van der Waals surface area (Å²) in [5.74, 6) is 1.40. The minimum Gasteiger partial charge on any atom is -0.493 e. The second kappa shape index (κ2) is 9.66. The topological polar surface area (TPSA) is 34.2 Å². The molecule has 0 aromatic heterocycles. The van der Waals surface area contributed by atoms with Crippen LogP contribution in [-0.2, 0) is 17.8 Å². The molecule has 2 aliphatic heterocycles. The van der Waals surface area contributed by atoms with Crippen molar-refractivity contribution in [2.24, 2.45) is 0 Å². The smallest absolute Gasteiger partial charge is 0.270 e. The van der Waals surface area contributed by atoms with Gasteiger partial charge in [0.2, 0.25) is 0 Å². The van der Waals surface area contributed by atoms with Crippen molar-refractivity contribution in [1.29, 1.82) is 0 Å². The summed E-state index contributed by atoms with van der Waals surface area (Å²) in [4.78, 5) is 4.74. The second-order valence-electron chi connectivity index (χ2n) is 7.95. The van der Waals surface area contributed by atoms with Crippen molar-refractivity contribution in [2.75, 3.05) is 39.0 Å². The molecule has 7 heteroatoms. The molecule has 1 saturated heterocycles. The van der Waals surface area contributed by atoms with Gasteiger partial charge in [0.15, 0.2) is 11.5 Å². The summed E-state index contributed by atoms with van der Waals surface area (Å²) in [7, 11) is 3.25. The van der Waals surface area contributed by atoms with Crippen LogP contribution in [0.15, 0.2) is 42.5 Å². The van der Waals surface area contributed by atoms with E-state index in [1.807, 2.05) is 30.3 Å². The van der Waals surface area contributed by atoms with Crippen LogP contribution in [0.5, 0.6) is 11.5 Å². The van der Waals surface area contributed by atoms with Crippen LogP contribution in [0.4, 0.5) is 14.5 Å². The molecule has 166 valence electrons. The molecule has 4 rings (SSSR count). The monoisotopic (exact) mass is 430 g/mol. The van der Waals surface area contributed by atoms with Gasteiger partial charge in [-0.2, -0.15) is 8.78 Å². The zero-order valence-corrected chi connectivity index (χ0v) is 17.9. The van der Waals surface area contributed by atoms with Gasteiger partial charge >= 0.3 is 0 Å². The molecular formula is C24H28F2N2O3. The van der Waals surface area contributed by atoms with Crippen LogP contribution in [0.3, 0.4) is 0 Å². The van der Waals surface area contributed by atoms with Gasteiger partial charge in [-0.05, 0) is 53.8 Å². The Morgan fingerprint density at radius 3 is 2.55 bits per heavy atom. The summed E-state index contributed by atoms with van der Waals surface area (Å²) in [6.07, 6.45) is 1.17. The van der Waals surface area contributed by atoms with E-state index >= 15 is 0 Å². The molecule has 2 aliphatic rings. The first-order valence-corrected chi connectivity index (χ1v) is 10.5. The van der Waals surface area contributed by atoms with E-state index in [0.717, 1.165) is 62.2 Å².